The molecule has 12 heavy (non-hydrogen) atoms. The molecule has 0 aliphatic rings. The minimum absolute atomic E-state index is 0.415. The summed E-state index contributed by atoms with van der Waals surface area (Å²) in [5, 5.41) is -0.415. The van der Waals surface area contributed by atoms with Crippen molar-refractivity contribution in [3.8, 4) is 0 Å². The van der Waals surface area contributed by atoms with Gasteiger partial charge >= 0.3 is 0 Å². The molecular weight excluding hydrogens is 174 g/mol. The fourth-order valence-corrected chi connectivity index (χ4v) is 1.03. The molecule has 70 valence electrons. The summed E-state index contributed by atoms with van der Waals surface area (Å²) >= 11 is 5.24. The Morgan fingerprint density at radius 3 is 2.25 bits per heavy atom. The third-order valence-corrected chi connectivity index (χ3v) is 2.17. The normalized spacial score (nSPS) is 10.3. The van der Waals surface area contributed by atoms with E-state index in [4.69, 9.17) is 11.6 Å². The molecular formula is C9H16ClNO. The lowest BCUT2D eigenvalue weighted by Crippen LogP contribution is -2.24. The molecule has 2 nitrogen and oxygen atoms in total. The monoisotopic (exact) mass is 189 g/mol. The standard InChI is InChI=1S/C9H16ClNO/c1-4-11(5-2)7-6-8(3)9(10)12/h3-7H2,1-2H3. The van der Waals surface area contributed by atoms with E-state index in [0.29, 0.717) is 12.0 Å². The van der Waals surface area contributed by atoms with Gasteiger partial charge < -0.3 is 4.90 Å². The van der Waals surface area contributed by atoms with Gasteiger partial charge in [-0.1, -0.05) is 20.4 Å². The Bertz CT molecular complexity index is 164. The number of carbonyl (C=O) groups excluding carboxylic acids is 1. The second-order valence-electron chi connectivity index (χ2n) is 2.65. The Morgan fingerprint density at radius 1 is 1.42 bits per heavy atom. The van der Waals surface area contributed by atoms with Gasteiger partial charge in [-0.15, -0.1) is 0 Å². The van der Waals surface area contributed by atoms with Crippen molar-refractivity contribution in [2.24, 2.45) is 0 Å². The van der Waals surface area contributed by atoms with Crippen molar-refractivity contribution >= 4 is 16.8 Å². The molecule has 0 N–H and O–H groups in total. The summed E-state index contributed by atoms with van der Waals surface area (Å²) in [6, 6.07) is 0. The maximum atomic E-state index is 10.6. The Labute approximate surface area is 79.2 Å². The van der Waals surface area contributed by atoms with Gasteiger partial charge in [-0.05, 0) is 31.1 Å². The molecule has 0 radical (unpaired) electrons. The van der Waals surface area contributed by atoms with Crippen LogP contribution in [0.4, 0.5) is 0 Å². The molecule has 0 unspecified atom stereocenters. The number of nitrogens with zero attached hydrogens (tertiary/aromatic N) is 1. The summed E-state index contributed by atoms with van der Waals surface area (Å²) < 4.78 is 0. The van der Waals surface area contributed by atoms with Gasteiger partial charge in [0.15, 0.2) is 0 Å². The summed E-state index contributed by atoms with van der Waals surface area (Å²) in [5.41, 5.74) is 0.503. The smallest absolute Gasteiger partial charge is 0.247 e. The van der Waals surface area contributed by atoms with E-state index < -0.39 is 5.24 Å². The van der Waals surface area contributed by atoms with Crippen LogP contribution in [0.3, 0.4) is 0 Å². The van der Waals surface area contributed by atoms with Gasteiger partial charge in [0.05, 0.1) is 0 Å². The van der Waals surface area contributed by atoms with E-state index in [2.05, 4.69) is 25.3 Å². The molecule has 0 rings (SSSR count). The maximum absolute atomic E-state index is 10.6. The lowest BCUT2D eigenvalue weighted by Gasteiger charge is -2.17. The molecule has 3 heteroatoms. The number of rotatable bonds is 6. The van der Waals surface area contributed by atoms with Crippen LogP contribution in [0.15, 0.2) is 12.2 Å². The van der Waals surface area contributed by atoms with Crippen LogP contribution in [0.5, 0.6) is 0 Å². The number of hydrogen-bond donors (Lipinski definition) is 0. The molecule has 0 saturated carbocycles. The van der Waals surface area contributed by atoms with Crippen LogP contribution in [0.1, 0.15) is 20.3 Å². The highest BCUT2D eigenvalue weighted by molar-refractivity contribution is 6.67. The molecule has 0 aromatic heterocycles. The van der Waals surface area contributed by atoms with Crippen molar-refractivity contribution in [3.05, 3.63) is 12.2 Å². The third-order valence-electron chi connectivity index (χ3n) is 1.90. The van der Waals surface area contributed by atoms with Gasteiger partial charge in [0.1, 0.15) is 0 Å². The van der Waals surface area contributed by atoms with Crippen LogP contribution >= 0.6 is 11.6 Å². The highest BCUT2D eigenvalue weighted by atomic mass is 35.5. The lowest BCUT2D eigenvalue weighted by atomic mass is 10.2. The molecule has 0 bridgehead atoms. The summed E-state index contributed by atoms with van der Waals surface area (Å²) in [4.78, 5) is 12.8. The number of carbonyl (C=O) groups is 1. The van der Waals surface area contributed by atoms with E-state index in [1.54, 1.807) is 0 Å². The minimum atomic E-state index is -0.415. The SMILES string of the molecule is C=C(CCN(CC)CC)C(=O)Cl. The molecule has 0 aliphatic carbocycles. The number of hydrogen-bond acceptors (Lipinski definition) is 2. The molecule has 0 spiro atoms. The second-order valence-corrected chi connectivity index (χ2v) is 3.00. The Hall–Kier alpha value is -0.340. The largest absolute Gasteiger partial charge is 0.304 e. The van der Waals surface area contributed by atoms with E-state index in [1.165, 1.54) is 0 Å². The van der Waals surface area contributed by atoms with E-state index in [0.717, 1.165) is 19.6 Å². The topological polar surface area (TPSA) is 20.3 Å². The first-order valence-corrected chi connectivity index (χ1v) is 4.59. The molecule has 0 atom stereocenters. The zero-order valence-electron chi connectivity index (χ0n) is 7.77. The molecule has 0 aliphatic heterocycles. The fourth-order valence-electron chi connectivity index (χ4n) is 0.931. The van der Waals surface area contributed by atoms with Crippen molar-refractivity contribution in [3.63, 3.8) is 0 Å². The zero-order chi connectivity index (χ0) is 9.56. The van der Waals surface area contributed by atoms with E-state index in [1.807, 2.05) is 0 Å². The minimum Gasteiger partial charge on any atom is -0.304 e. The summed E-state index contributed by atoms with van der Waals surface area (Å²) in [6.07, 6.45) is 0.671. The predicted octanol–water partition coefficient (Wildman–Crippen LogP) is 2.04. The van der Waals surface area contributed by atoms with Gasteiger partial charge in [0.2, 0.25) is 5.24 Å². The first kappa shape index (κ1) is 11.7. The first-order valence-electron chi connectivity index (χ1n) is 4.21. The van der Waals surface area contributed by atoms with E-state index in [-0.39, 0.29) is 0 Å². The molecule has 0 aromatic carbocycles. The van der Waals surface area contributed by atoms with Gasteiger partial charge in [-0.2, -0.15) is 0 Å². The van der Waals surface area contributed by atoms with Gasteiger partial charge in [0.25, 0.3) is 0 Å². The summed E-state index contributed by atoms with van der Waals surface area (Å²) in [6.45, 7) is 10.6. The van der Waals surface area contributed by atoms with Crippen molar-refractivity contribution < 1.29 is 4.79 Å². The Morgan fingerprint density at radius 2 is 1.92 bits per heavy atom. The average molecular weight is 190 g/mol. The highest BCUT2D eigenvalue weighted by Gasteiger charge is 2.04. The van der Waals surface area contributed by atoms with Crippen LogP contribution in [-0.2, 0) is 4.79 Å². The van der Waals surface area contributed by atoms with Crippen molar-refractivity contribution in [2.45, 2.75) is 20.3 Å². The van der Waals surface area contributed by atoms with Gasteiger partial charge in [0, 0.05) is 12.1 Å². The van der Waals surface area contributed by atoms with Crippen molar-refractivity contribution in [2.75, 3.05) is 19.6 Å². The Kier molecular flexibility index (Phi) is 6.03. The average Bonchev–Trinajstić information content (AvgIpc) is 2.05. The zero-order valence-corrected chi connectivity index (χ0v) is 8.52. The Balaban J connectivity index is 3.66. The number of halogens is 1. The van der Waals surface area contributed by atoms with E-state index >= 15 is 0 Å². The van der Waals surface area contributed by atoms with Crippen LogP contribution < -0.4 is 0 Å². The van der Waals surface area contributed by atoms with Crippen LogP contribution in [0.25, 0.3) is 0 Å². The summed E-state index contributed by atoms with van der Waals surface area (Å²) in [7, 11) is 0. The quantitative estimate of drug-likeness (QED) is 0.471. The van der Waals surface area contributed by atoms with Crippen LogP contribution in [-0.4, -0.2) is 29.8 Å². The third kappa shape index (κ3) is 4.52. The maximum Gasteiger partial charge on any atom is 0.247 e. The molecule has 0 amide bonds. The van der Waals surface area contributed by atoms with Crippen molar-refractivity contribution in [1.29, 1.82) is 0 Å². The molecule has 0 fully saturated rings. The predicted molar refractivity (Wildman–Crippen MR) is 52.4 cm³/mol. The van der Waals surface area contributed by atoms with Crippen LogP contribution in [0.2, 0.25) is 0 Å². The first-order chi connectivity index (χ1) is 5.61. The van der Waals surface area contributed by atoms with E-state index in [9.17, 15) is 4.79 Å². The van der Waals surface area contributed by atoms with Crippen molar-refractivity contribution in [1.82, 2.24) is 4.90 Å². The highest BCUT2D eigenvalue weighted by Crippen LogP contribution is 2.04. The molecule has 0 saturated heterocycles. The summed E-state index contributed by atoms with van der Waals surface area (Å²) in [5.74, 6) is 0. The van der Waals surface area contributed by atoms with Gasteiger partial charge in [-0.3, -0.25) is 4.79 Å². The van der Waals surface area contributed by atoms with Crippen LogP contribution in [0, 0.1) is 0 Å². The van der Waals surface area contributed by atoms with Gasteiger partial charge in [-0.25, -0.2) is 0 Å². The fraction of sp³-hybridized carbons (Fsp3) is 0.667. The second kappa shape index (κ2) is 6.21. The lowest BCUT2D eigenvalue weighted by molar-refractivity contribution is -0.108. The molecule has 0 aromatic rings. The molecule has 0 heterocycles.